The molecule has 6 nitrogen and oxygen atoms in total. The van der Waals surface area contributed by atoms with Crippen LogP contribution in [0.1, 0.15) is 39.2 Å². The second-order valence-corrected chi connectivity index (χ2v) is 10.3. The summed E-state index contributed by atoms with van der Waals surface area (Å²) in [5, 5.41) is 0. The highest BCUT2D eigenvalue weighted by molar-refractivity contribution is 5.91. The first kappa shape index (κ1) is 26.2. The molecule has 4 aromatic rings. The SMILES string of the molecule is O=C(c1ccc(CN2CCn3cccc3C2c2ccc(F)cc2F)o1)N1CCN(C/C=C/c2ccccc2)CC1. The Kier molecular flexibility index (Phi) is 7.62. The van der Waals surface area contributed by atoms with Gasteiger partial charge in [0, 0.05) is 69.3 Å². The number of fused-ring (bicyclic) bond motifs is 1. The number of piperazine rings is 1. The summed E-state index contributed by atoms with van der Waals surface area (Å²) in [5.41, 5.74) is 2.54. The van der Waals surface area contributed by atoms with Crippen LogP contribution in [-0.2, 0) is 13.1 Å². The lowest BCUT2D eigenvalue weighted by Gasteiger charge is -2.37. The van der Waals surface area contributed by atoms with E-state index in [0.29, 0.717) is 43.3 Å². The van der Waals surface area contributed by atoms with Crippen LogP contribution < -0.4 is 0 Å². The van der Waals surface area contributed by atoms with Crippen molar-refractivity contribution < 1.29 is 18.0 Å². The summed E-state index contributed by atoms with van der Waals surface area (Å²) >= 11 is 0. The molecule has 206 valence electrons. The predicted molar refractivity (Wildman–Crippen MR) is 150 cm³/mol. The number of hydrogen-bond acceptors (Lipinski definition) is 4. The molecule has 0 radical (unpaired) electrons. The molecule has 8 heteroatoms. The fourth-order valence-corrected chi connectivity index (χ4v) is 5.65. The van der Waals surface area contributed by atoms with Crippen molar-refractivity contribution in [1.82, 2.24) is 19.3 Å². The number of benzene rings is 2. The fourth-order valence-electron chi connectivity index (χ4n) is 5.65. The van der Waals surface area contributed by atoms with Crippen LogP contribution in [-0.4, -0.2) is 64.4 Å². The van der Waals surface area contributed by atoms with Crippen LogP contribution in [0.15, 0.2) is 89.5 Å². The molecule has 40 heavy (non-hydrogen) atoms. The maximum atomic E-state index is 14.9. The standard InChI is InChI=1S/C32H32F2N4O2/c33-25-10-12-27(28(34)22-25)31-29-9-5-15-36(29)20-21-38(31)23-26-11-13-30(40-26)32(39)37-18-16-35(17-19-37)14-4-8-24-6-2-1-3-7-24/h1-13,15,22,31H,14,16-21,23H2/b8-4+. The largest absolute Gasteiger partial charge is 0.455 e. The van der Waals surface area contributed by atoms with Crippen molar-refractivity contribution in [2.24, 2.45) is 0 Å². The predicted octanol–water partition coefficient (Wildman–Crippen LogP) is 5.44. The van der Waals surface area contributed by atoms with Gasteiger partial charge >= 0.3 is 0 Å². The summed E-state index contributed by atoms with van der Waals surface area (Å²) in [5.74, 6) is -0.329. The van der Waals surface area contributed by atoms with Crippen LogP contribution in [0.2, 0.25) is 0 Å². The second-order valence-electron chi connectivity index (χ2n) is 10.3. The molecule has 1 atom stereocenters. The summed E-state index contributed by atoms with van der Waals surface area (Å²) < 4.78 is 36.7. The van der Waals surface area contributed by atoms with E-state index >= 15 is 0 Å². The van der Waals surface area contributed by atoms with E-state index in [0.717, 1.165) is 37.9 Å². The summed E-state index contributed by atoms with van der Waals surface area (Å²) in [4.78, 5) is 19.5. The summed E-state index contributed by atoms with van der Waals surface area (Å²) in [6.45, 7) is 5.55. The second kappa shape index (κ2) is 11.6. The zero-order valence-corrected chi connectivity index (χ0v) is 22.3. The van der Waals surface area contributed by atoms with E-state index in [1.54, 1.807) is 6.07 Å². The molecular weight excluding hydrogens is 510 g/mol. The Morgan fingerprint density at radius 3 is 2.52 bits per heavy atom. The topological polar surface area (TPSA) is 44.9 Å². The molecule has 1 amide bonds. The van der Waals surface area contributed by atoms with Gasteiger partial charge in [-0.05, 0) is 35.9 Å². The number of nitrogens with zero attached hydrogens (tertiary/aromatic N) is 4. The third-order valence-electron chi connectivity index (χ3n) is 7.76. The van der Waals surface area contributed by atoms with Gasteiger partial charge in [0.1, 0.15) is 17.4 Å². The van der Waals surface area contributed by atoms with Crippen LogP contribution in [0.5, 0.6) is 0 Å². The van der Waals surface area contributed by atoms with E-state index in [2.05, 4.69) is 38.7 Å². The molecule has 1 fully saturated rings. The average molecular weight is 543 g/mol. The molecule has 0 N–H and O–H groups in total. The van der Waals surface area contributed by atoms with Gasteiger partial charge < -0.3 is 13.9 Å². The van der Waals surface area contributed by atoms with Crippen molar-refractivity contribution in [3.63, 3.8) is 0 Å². The molecule has 1 saturated heterocycles. The van der Waals surface area contributed by atoms with E-state index in [4.69, 9.17) is 4.42 Å². The van der Waals surface area contributed by atoms with Gasteiger partial charge in [0.15, 0.2) is 5.76 Å². The molecule has 1 unspecified atom stereocenters. The minimum Gasteiger partial charge on any atom is -0.455 e. The molecule has 0 bridgehead atoms. The molecular formula is C32H32F2N4O2. The first-order valence-electron chi connectivity index (χ1n) is 13.7. The summed E-state index contributed by atoms with van der Waals surface area (Å²) in [6, 6.07) is 21.0. The normalized spacial score (nSPS) is 18.4. The van der Waals surface area contributed by atoms with Gasteiger partial charge in [-0.2, -0.15) is 0 Å². The smallest absolute Gasteiger partial charge is 0.289 e. The molecule has 0 aliphatic carbocycles. The molecule has 0 saturated carbocycles. The van der Waals surface area contributed by atoms with Crippen LogP contribution in [0.25, 0.3) is 6.08 Å². The highest BCUT2D eigenvalue weighted by Gasteiger charge is 2.32. The zero-order valence-electron chi connectivity index (χ0n) is 22.3. The Morgan fingerprint density at radius 2 is 1.73 bits per heavy atom. The Labute approximate surface area is 232 Å². The fraction of sp³-hybridized carbons (Fsp3) is 0.281. The molecule has 2 aliphatic heterocycles. The number of halogens is 2. The Balaban J connectivity index is 1.09. The minimum absolute atomic E-state index is 0.112. The molecule has 0 spiro atoms. The maximum Gasteiger partial charge on any atom is 0.289 e. The lowest BCUT2D eigenvalue weighted by atomic mass is 9.99. The highest BCUT2D eigenvalue weighted by atomic mass is 19.1. The molecule has 2 aromatic heterocycles. The van der Waals surface area contributed by atoms with Crippen LogP contribution in [0.4, 0.5) is 8.78 Å². The van der Waals surface area contributed by atoms with Gasteiger partial charge in [0.25, 0.3) is 5.91 Å². The Morgan fingerprint density at radius 1 is 0.900 bits per heavy atom. The number of carbonyl (C=O) groups is 1. The lowest BCUT2D eigenvalue weighted by molar-refractivity contribution is 0.0614. The van der Waals surface area contributed by atoms with E-state index in [9.17, 15) is 13.6 Å². The summed E-state index contributed by atoms with van der Waals surface area (Å²) in [7, 11) is 0. The third kappa shape index (κ3) is 5.64. The number of amides is 1. The van der Waals surface area contributed by atoms with Crippen molar-refractivity contribution in [3.8, 4) is 0 Å². The van der Waals surface area contributed by atoms with E-state index in [1.807, 2.05) is 47.5 Å². The van der Waals surface area contributed by atoms with Crippen LogP contribution in [0.3, 0.4) is 0 Å². The monoisotopic (exact) mass is 542 g/mol. The van der Waals surface area contributed by atoms with Gasteiger partial charge in [0.2, 0.25) is 0 Å². The Bertz CT molecular complexity index is 1490. The quantitative estimate of drug-likeness (QED) is 0.312. The number of aromatic nitrogens is 1. The minimum atomic E-state index is -0.599. The van der Waals surface area contributed by atoms with Crippen molar-refractivity contribution in [3.05, 3.63) is 125 Å². The molecule has 4 heterocycles. The average Bonchev–Trinajstić information content (AvgIpc) is 3.64. The highest BCUT2D eigenvalue weighted by Crippen LogP contribution is 2.35. The summed E-state index contributed by atoms with van der Waals surface area (Å²) in [6.07, 6.45) is 6.26. The van der Waals surface area contributed by atoms with Gasteiger partial charge in [-0.25, -0.2) is 8.78 Å². The van der Waals surface area contributed by atoms with Gasteiger partial charge in [0.05, 0.1) is 12.6 Å². The first-order chi connectivity index (χ1) is 19.5. The van der Waals surface area contributed by atoms with Crippen LogP contribution >= 0.6 is 0 Å². The first-order valence-corrected chi connectivity index (χ1v) is 13.7. The van der Waals surface area contributed by atoms with Crippen molar-refractivity contribution in [2.75, 3.05) is 39.3 Å². The molecule has 2 aliphatic rings. The van der Waals surface area contributed by atoms with E-state index < -0.39 is 17.7 Å². The van der Waals surface area contributed by atoms with Gasteiger partial charge in [-0.3, -0.25) is 14.6 Å². The number of rotatable bonds is 7. The molecule has 6 rings (SSSR count). The number of hydrogen-bond donors (Lipinski definition) is 0. The third-order valence-corrected chi connectivity index (χ3v) is 7.76. The molecule has 2 aromatic carbocycles. The Hall–Kier alpha value is -4.01. The number of carbonyl (C=O) groups excluding carboxylic acids is 1. The van der Waals surface area contributed by atoms with Gasteiger partial charge in [-0.15, -0.1) is 0 Å². The van der Waals surface area contributed by atoms with Gasteiger partial charge in [-0.1, -0.05) is 48.6 Å². The van der Waals surface area contributed by atoms with Crippen molar-refractivity contribution in [2.45, 2.75) is 19.1 Å². The maximum absolute atomic E-state index is 14.9. The zero-order chi connectivity index (χ0) is 27.5. The van der Waals surface area contributed by atoms with Crippen LogP contribution in [0, 0.1) is 11.6 Å². The number of furan rings is 1. The lowest BCUT2D eigenvalue weighted by Crippen LogP contribution is -2.48. The van der Waals surface area contributed by atoms with Crippen molar-refractivity contribution in [1.29, 1.82) is 0 Å². The van der Waals surface area contributed by atoms with E-state index in [1.165, 1.54) is 17.7 Å². The van der Waals surface area contributed by atoms with Crippen molar-refractivity contribution >= 4 is 12.0 Å². The van der Waals surface area contributed by atoms with E-state index in [-0.39, 0.29) is 5.91 Å².